The van der Waals surface area contributed by atoms with Gasteiger partial charge in [0.25, 0.3) is 0 Å². The van der Waals surface area contributed by atoms with Crippen LogP contribution in [-0.4, -0.2) is 57.4 Å². The highest BCUT2D eigenvalue weighted by Gasteiger charge is 2.18. The molecule has 0 radical (unpaired) electrons. The molecule has 23 heavy (non-hydrogen) atoms. The largest absolute Gasteiger partial charge is 0.354 e. The number of hydrogen-bond acceptors (Lipinski definition) is 5. The Bertz CT molecular complexity index is 642. The van der Waals surface area contributed by atoms with Crippen molar-refractivity contribution in [3.8, 4) is 0 Å². The standard InChI is InChI=1S/C17H26N6/c1-4-16-12-17(19-13-18-16)22-8-5-21(6-9-22)7-10-23-15(3)11-14(2)20-23/h11-13H,4-10H2,1-3H3. The summed E-state index contributed by atoms with van der Waals surface area (Å²) in [6, 6.07) is 4.25. The van der Waals surface area contributed by atoms with E-state index in [4.69, 9.17) is 0 Å². The molecule has 0 spiro atoms. The molecule has 0 aromatic carbocycles. The van der Waals surface area contributed by atoms with Gasteiger partial charge in [0.1, 0.15) is 12.1 Å². The monoisotopic (exact) mass is 314 g/mol. The molecule has 1 saturated heterocycles. The maximum atomic E-state index is 4.54. The van der Waals surface area contributed by atoms with Crippen LogP contribution in [0.25, 0.3) is 0 Å². The number of aryl methyl sites for hydroxylation is 3. The first-order chi connectivity index (χ1) is 11.2. The normalized spacial score (nSPS) is 16.0. The highest BCUT2D eigenvalue weighted by Crippen LogP contribution is 2.14. The number of nitrogens with zero attached hydrogens (tertiary/aromatic N) is 6. The Kier molecular flexibility index (Phi) is 4.91. The summed E-state index contributed by atoms with van der Waals surface area (Å²) in [6.07, 6.45) is 2.64. The molecule has 1 fully saturated rings. The highest BCUT2D eigenvalue weighted by molar-refractivity contribution is 5.39. The van der Waals surface area contributed by atoms with Gasteiger partial charge >= 0.3 is 0 Å². The predicted molar refractivity (Wildman–Crippen MR) is 91.8 cm³/mol. The molecule has 0 amide bonds. The second-order valence-electron chi connectivity index (χ2n) is 6.20. The number of rotatable bonds is 5. The maximum absolute atomic E-state index is 4.54. The van der Waals surface area contributed by atoms with Crippen molar-refractivity contribution < 1.29 is 0 Å². The third-order valence-corrected chi connectivity index (χ3v) is 4.50. The molecule has 0 unspecified atom stereocenters. The number of piperazine rings is 1. The third-order valence-electron chi connectivity index (χ3n) is 4.50. The van der Waals surface area contributed by atoms with Crippen molar-refractivity contribution in [2.75, 3.05) is 37.6 Å². The molecule has 3 heterocycles. The van der Waals surface area contributed by atoms with Gasteiger partial charge in [-0.15, -0.1) is 0 Å². The summed E-state index contributed by atoms with van der Waals surface area (Å²) in [4.78, 5) is 13.6. The average Bonchev–Trinajstić information content (AvgIpc) is 2.91. The predicted octanol–water partition coefficient (Wildman–Crippen LogP) is 1.67. The van der Waals surface area contributed by atoms with Crippen molar-refractivity contribution in [3.63, 3.8) is 0 Å². The molecule has 6 heteroatoms. The molecule has 0 bridgehead atoms. The lowest BCUT2D eigenvalue weighted by atomic mass is 10.2. The van der Waals surface area contributed by atoms with Gasteiger partial charge in [-0.1, -0.05) is 6.92 Å². The molecule has 0 aliphatic carbocycles. The molecule has 1 aliphatic heterocycles. The lowest BCUT2D eigenvalue weighted by Crippen LogP contribution is -2.47. The number of aromatic nitrogens is 4. The van der Waals surface area contributed by atoms with E-state index in [1.807, 2.05) is 0 Å². The molecule has 0 saturated carbocycles. The molecule has 0 atom stereocenters. The fourth-order valence-electron chi connectivity index (χ4n) is 3.09. The van der Waals surface area contributed by atoms with Crippen LogP contribution in [0.15, 0.2) is 18.5 Å². The average molecular weight is 314 g/mol. The van der Waals surface area contributed by atoms with E-state index in [2.05, 4.69) is 62.5 Å². The Hall–Kier alpha value is -1.95. The summed E-state index contributed by atoms with van der Waals surface area (Å²) in [5, 5.41) is 4.54. The Balaban J connectivity index is 1.51. The smallest absolute Gasteiger partial charge is 0.132 e. The van der Waals surface area contributed by atoms with Crippen LogP contribution in [-0.2, 0) is 13.0 Å². The van der Waals surface area contributed by atoms with Crippen LogP contribution >= 0.6 is 0 Å². The number of hydrogen-bond donors (Lipinski definition) is 0. The topological polar surface area (TPSA) is 50.1 Å². The van der Waals surface area contributed by atoms with Crippen LogP contribution < -0.4 is 4.90 Å². The first-order valence-electron chi connectivity index (χ1n) is 8.45. The summed E-state index contributed by atoms with van der Waals surface area (Å²) in [6.45, 7) is 12.5. The highest BCUT2D eigenvalue weighted by atomic mass is 15.3. The van der Waals surface area contributed by atoms with Gasteiger partial charge in [-0.3, -0.25) is 9.58 Å². The Labute approximate surface area is 138 Å². The fourth-order valence-corrected chi connectivity index (χ4v) is 3.09. The van der Waals surface area contributed by atoms with Gasteiger partial charge in [-0.05, 0) is 26.3 Å². The molecule has 2 aromatic rings. The van der Waals surface area contributed by atoms with E-state index in [-0.39, 0.29) is 0 Å². The SMILES string of the molecule is CCc1cc(N2CCN(CCn3nc(C)cc3C)CC2)ncn1. The van der Waals surface area contributed by atoms with Crippen molar-refractivity contribution >= 4 is 5.82 Å². The summed E-state index contributed by atoms with van der Waals surface area (Å²) in [5.74, 6) is 1.06. The van der Waals surface area contributed by atoms with Gasteiger partial charge in [0, 0.05) is 50.2 Å². The van der Waals surface area contributed by atoms with Crippen LogP contribution in [0.4, 0.5) is 5.82 Å². The van der Waals surface area contributed by atoms with E-state index in [0.717, 1.165) is 62.9 Å². The van der Waals surface area contributed by atoms with E-state index in [1.165, 1.54) is 5.69 Å². The fraction of sp³-hybridized carbons (Fsp3) is 0.588. The van der Waals surface area contributed by atoms with Gasteiger partial charge in [-0.2, -0.15) is 5.10 Å². The van der Waals surface area contributed by atoms with E-state index in [0.29, 0.717) is 0 Å². The number of anilines is 1. The van der Waals surface area contributed by atoms with Gasteiger partial charge in [0.05, 0.1) is 12.2 Å². The van der Waals surface area contributed by atoms with Gasteiger partial charge in [-0.25, -0.2) is 9.97 Å². The molecule has 2 aromatic heterocycles. The van der Waals surface area contributed by atoms with Crippen LogP contribution in [0, 0.1) is 13.8 Å². The van der Waals surface area contributed by atoms with Crippen LogP contribution in [0.3, 0.4) is 0 Å². The van der Waals surface area contributed by atoms with E-state index >= 15 is 0 Å². The van der Waals surface area contributed by atoms with E-state index < -0.39 is 0 Å². The molecular formula is C17H26N6. The second kappa shape index (κ2) is 7.08. The van der Waals surface area contributed by atoms with E-state index in [9.17, 15) is 0 Å². The van der Waals surface area contributed by atoms with Crippen LogP contribution in [0.5, 0.6) is 0 Å². The first-order valence-corrected chi connectivity index (χ1v) is 8.45. The molecule has 3 rings (SSSR count). The summed E-state index contributed by atoms with van der Waals surface area (Å²) >= 11 is 0. The van der Waals surface area contributed by atoms with Crippen LogP contribution in [0.1, 0.15) is 24.0 Å². The van der Waals surface area contributed by atoms with Gasteiger partial charge in [0.2, 0.25) is 0 Å². The van der Waals surface area contributed by atoms with Gasteiger partial charge < -0.3 is 4.90 Å². The summed E-state index contributed by atoms with van der Waals surface area (Å²) in [7, 11) is 0. The summed E-state index contributed by atoms with van der Waals surface area (Å²) < 4.78 is 2.11. The molecule has 124 valence electrons. The molecular weight excluding hydrogens is 288 g/mol. The quantitative estimate of drug-likeness (QED) is 0.840. The van der Waals surface area contributed by atoms with Crippen molar-refractivity contribution in [2.24, 2.45) is 0 Å². The molecule has 6 nitrogen and oxygen atoms in total. The summed E-state index contributed by atoms with van der Waals surface area (Å²) in [5.41, 5.74) is 3.46. The third kappa shape index (κ3) is 3.88. The molecule has 1 aliphatic rings. The Morgan fingerprint density at radius 1 is 1.00 bits per heavy atom. The lowest BCUT2D eigenvalue weighted by Gasteiger charge is -2.35. The minimum absolute atomic E-state index is 0.956. The van der Waals surface area contributed by atoms with Crippen molar-refractivity contribution in [2.45, 2.75) is 33.7 Å². The maximum Gasteiger partial charge on any atom is 0.132 e. The van der Waals surface area contributed by atoms with Crippen LogP contribution in [0.2, 0.25) is 0 Å². The lowest BCUT2D eigenvalue weighted by molar-refractivity contribution is 0.243. The Morgan fingerprint density at radius 2 is 1.78 bits per heavy atom. The zero-order valence-electron chi connectivity index (χ0n) is 14.4. The van der Waals surface area contributed by atoms with Crippen molar-refractivity contribution in [1.29, 1.82) is 0 Å². The van der Waals surface area contributed by atoms with Crippen molar-refractivity contribution in [3.05, 3.63) is 35.5 Å². The first kappa shape index (κ1) is 15.9. The van der Waals surface area contributed by atoms with Gasteiger partial charge in [0.15, 0.2) is 0 Å². The second-order valence-corrected chi connectivity index (χ2v) is 6.20. The zero-order chi connectivity index (χ0) is 16.2. The zero-order valence-corrected chi connectivity index (χ0v) is 14.4. The molecule has 0 N–H and O–H groups in total. The Morgan fingerprint density at radius 3 is 2.43 bits per heavy atom. The minimum atomic E-state index is 0.956. The van der Waals surface area contributed by atoms with Crippen molar-refractivity contribution in [1.82, 2.24) is 24.6 Å². The minimum Gasteiger partial charge on any atom is -0.354 e. The van der Waals surface area contributed by atoms with E-state index in [1.54, 1.807) is 6.33 Å².